The van der Waals surface area contributed by atoms with Gasteiger partial charge in [0.25, 0.3) is 0 Å². The van der Waals surface area contributed by atoms with E-state index in [-0.39, 0.29) is 11.7 Å². The number of halogens is 1. The van der Waals surface area contributed by atoms with Crippen LogP contribution in [0.1, 0.15) is 51.1 Å². The van der Waals surface area contributed by atoms with Gasteiger partial charge in [0.15, 0.2) is 5.75 Å². The van der Waals surface area contributed by atoms with Crippen LogP contribution in [-0.2, 0) is 0 Å². The fourth-order valence-corrected chi connectivity index (χ4v) is 3.26. The van der Waals surface area contributed by atoms with Crippen LogP contribution in [0.4, 0.5) is 4.39 Å². The third kappa shape index (κ3) is 4.82. The number of likely N-dealkylation sites (tertiary alicyclic amines) is 1. The van der Waals surface area contributed by atoms with Gasteiger partial charge in [0.1, 0.15) is 11.5 Å². The van der Waals surface area contributed by atoms with Gasteiger partial charge in [0.2, 0.25) is 0 Å². The topological polar surface area (TPSA) is 30.3 Å². The average molecular weight is 345 g/mol. The van der Waals surface area contributed by atoms with Gasteiger partial charge in [-0.25, -0.2) is 9.07 Å². The van der Waals surface area contributed by atoms with Gasteiger partial charge in [-0.05, 0) is 56.6 Å². The van der Waals surface area contributed by atoms with Crippen LogP contribution in [0, 0.1) is 5.82 Å². The summed E-state index contributed by atoms with van der Waals surface area (Å²) < 4.78 is 20.9. The van der Waals surface area contributed by atoms with Crippen molar-refractivity contribution in [1.82, 2.24) is 14.7 Å². The molecule has 1 aliphatic rings. The van der Waals surface area contributed by atoms with E-state index >= 15 is 0 Å². The van der Waals surface area contributed by atoms with Crippen LogP contribution >= 0.6 is 0 Å². The molecule has 0 unspecified atom stereocenters. The molecule has 136 valence electrons. The summed E-state index contributed by atoms with van der Waals surface area (Å²) in [5.74, 6) is 0.867. The van der Waals surface area contributed by atoms with E-state index in [0.29, 0.717) is 6.61 Å². The van der Waals surface area contributed by atoms with Gasteiger partial charge < -0.3 is 9.64 Å². The Morgan fingerprint density at radius 2 is 1.84 bits per heavy atom. The van der Waals surface area contributed by atoms with Crippen molar-refractivity contribution in [3.63, 3.8) is 0 Å². The van der Waals surface area contributed by atoms with Gasteiger partial charge in [-0.3, -0.25) is 0 Å². The van der Waals surface area contributed by atoms with Crippen LogP contribution < -0.4 is 4.74 Å². The van der Waals surface area contributed by atoms with Crippen molar-refractivity contribution in [2.45, 2.75) is 45.4 Å². The number of ether oxygens (including phenoxy) is 1. The van der Waals surface area contributed by atoms with E-state index in [2.05, 4.69) is 23.8 Å². The zero-order valence-corrected chi connectivity index (χ0v) is 15.2. The van der Waals surface area contributed by atoms with Crippen molar-refractivity contribution in [2.75, 3.05) is 26.2 Å². The van der Waals surface area contributed by atoms with E-state index in [9.17, 15) is 4.39 Å². The summed E-state index contributed by atoms with van der Waals surface area (Å²) in [7, 11) is 0. The zero-order chi connectivity index (χ0) is 17.6. The van der Waals surface area contributed by atoms with Crippen molar-refractivity contribution < 1.29 is 9.13 Å². The maximum absolute atomic E-state index is 13.1. The maximum Gasteiger partial charge on any atom is 0.161 e. The van der Waals surface area contributed by atoms with Crippen molar-refractivity contribution in [1.29, 1.82) is 0 Å². The minimum Gasteiger partial charge on any atom is -0.490 e. The van der Waals surface area contributed by atoms with Crippen LogP contribution in [0.25, 0.3) is 5.69 Å². The first-order valence-corrected chi connectivity index (χ1v) is 9.34. The Bertz CT molecular complexity index is 660. The third-order valence-electron chi connectivity index (χ3n) is 4.67. The number of hydrogen-bond acceptors (Lipinski definition) is 3. The molecule has 2 aromatic rings. The first-order chi connectivity index (χ1) is 12.1. The molecule has 25 heavy (non-hydrogen) atoms. The molecule has 0 saturated carbocycles. The highest BCUT2D eigenvalue weighted by Crippen LogP contribution is 2.26. The van der Waals surface area contributed by atoms with Crippen LogP contribution in [0.3, 0.4) is 0 Å². The Morgan fingerprint density at radius 1 is 1.12 bits per heavy atom. The second-order valence-corrected chi connectivity index (χ2v) is 7.06. The Kier molecular flexibility index (Phi) is 6.08. The van der Waals surface area contributed by atoms with E-state index in [4.69, 9.17) is 4.74 Å². The quantitative estimate of drug-likeness (QED) is 0.697. The largest absolute Gasteiger partial charge is 0.490 e. The Morgan fingerprint density at radius 3 is 2.52 bits per heavy atom. The summed E-state index contributed by atoms with van der Waals surface area (Å²) in [6.07, 6.45) is 6.95. The van der Waals surface area contributed by atoms with Gasteiger partial charge >= 0.3 is 0 Å². The molecule has 0 amide bonds. The molecule has 1 aliphatic heterocycles. The van der Waals surface area contributed by atoms with E-state index in [1.165, 1.54) is 44.5 Å². The maximum atomic E-state index is 13.1. The molecule has 0 N–H and O–H groups in total. The zero-order valence-electron chi connectivity index (χ0n) is 15.2. The van der Waals surface area contributed by atoms with Gasteiger partial charge in [-0.1, -0.05) is 20.3 Å². The highest BCUT2D eigenvalue weighted by molar-refractivity contribution is 5.36. The minimum atomic E-state index is -0.242. The lowest BCUT2D eigenvalue weighted by Gasteiger charge is -2.26. The predicted molar refractivity (Wildman–Crippen MR) is 98.0 cm³/mol. The molecule has 2 heterocycles. The van der Waals surface area contributed by atoms with Crippen LogP contribution in [-0.4, -0.2) is 40.9 Å². The average Bonchev–Trinajstić information content (AvgIpc) is 3.05. The van der Waals surface area contributed by atoms with Crippen molar-refractivity contribution in [2.24, 2.45) is 0 Å². The van der Waals surface area contributed by atoms with Gasteiger partial charge in [-0.2, -0.15) is 5.10 Å². The molecule has 1 aromatic carbocycles. The second-order valence-electron chi connectivity index (χ2n) is 7.06. The molecule has 3 rings (SSSR count). The SMILES string of the molecule is CC(C)c1nn(-c2ccc(F)cc2)cc1OCCCN1CCCCC1. The number of piperidine rings is 1. The molecule has 1 fully saturated rings. The summed E-state index contributed by atoms with van der Waals surface area (Å²) in [6.45, 7) is 8.46. The van der Waals surface area contributed by atoms with E-state index in [1.54, 1.807) is 16.8 Å². The molecule has 0 bridgehead atoms. The molecule has 1 aromatic heterocycles. The number of hydrogen-bond donors (Lipinski definition) is 0. The number of benzene rings is 1. The molecule has 4 nitrogen and oxygen atoms in total. The smallest absolute Gasteiger partial charge is 0.161 e. The van der Waals surface area contributed by atoms with Crippen LogP contribution in [0.15, 0.2) is 30.5 Å². The summed E-state index contributed by atoms with van der Waals surface area (Å²) in [4.78, 5) is 2.53. The molecule has 0 aliphatic carbocycles. The van der Waals surface area contributed by atoms with Crippen molar-refractivity contribution in [3.05, 3.63) is 42.0 Å². The fraction of sp³-hybridized carbons (Fsp3) is 0.550. The Labute approximate surface area is 149 Å². The number of aromatic nitrogens is 2. The van der Waals surface area contributed by atoms with Gasteiger partial charge in [-0.15, -0.1) is 0 Å². The molecule has 0 radical (unpaired) electrons. The lowest BCUT2D eigenvalue weighted by Crippen LogP contribution is -2.31. The molecular weight excluding hydrogens is 317 g/mol. The van der Waals surface area contributed by atoms with Gasteiger partial charge in [0, 0.05) is 12.5 Å². The predicted octanol–water partition coefficient (Wildman–Crippen LogP) is 4.39. The molecule has 5 heteroatoms. The Hall–Kier alpha value is -1.88. The second kappa shape index (κ2) is 8.48. The molecular formula is C20H28FN3O. The van der Waals surface area contributed by atoms with Gasteiger partial charge in [0.05, 0.1) is 18.5 Å². The molecule has 0 atom stereocenters. The van der Waals surface area contributed by atoms with Crippen LogP contribution in [0.2, 0.25) is 0 Å². The van der Waals surface area contributed by atoms with Crippen molar-refractivity contribution >= 4 is 0 Å². The molecule has 0 spiro atoms. The summed E-state index contributed by atoms with van der Waals surface area (Å²) >= 11 is 0. The van der Waals surface area contributed by atoms with E-state index in [0.717, 1.165) is 30.1 Å². The first kappa shape index (κ1) is 17.9. The van der Waals surface area contributed by atoms with E-state index in [1.807, 2.05) is 6.20 Å². The highest BCUT2D eigenvalue weighted by atomic mass is 19.1. The minimum absolute atomic E-state index is 0.242. The number of rotatable bonds is 7. The Balaban J connectivity index is 1.60. The summed E-state index contributed by atoms with van der Waals surface area (Å²) in [6, 6.07) is 6.36. The van der Waals surface area contributed by atoms with Crippen LogP contribution in [0.5, 0.6) is 5.75 Å². The van der Waals surface area contributed by atoms with E-state index < -0.39 is 0 Å². The lowest BCUT2D eigenvalue weighted by molar-refractivity contribution is 0.204. The third-order valence-corrected chi connectivity index (χ3v) is 4.67. The number of nitrogens with zero attached hydrogens (tertiary/aromatic N) is 3. The monoisotopic (exact) mass is 345 g/mol. The molecule has 1 saturated heterocycles. The lowest BCUT2D eigenvalue weighted by atomic mass is 10.1. The summed E-state index contributed by atoms with van der Waals surface area (Å²) in [5, 5.41) is 4.64. The first-order valence-electron chi connectivity index (χ1n) is 9.34. The van der Waals surface area contributed by atoms with Crippen molar-refractivity contribution in [3.8, 4) is 11.4 Å². The standard InChI is InChI=1S/C20H28FN3O/c1-16(2)20-19(25-14-6-13-23-11-4-3-5-12-23)15-24(22-20)18-9-7-17(21)8-10-18/h7-10,15-16H,3-6,11-14H2,1-2H3. The normalized spacial score (nSPS) is 15.7. The fourth-order valence-electron chi connectivity index (χ4n) is 3.26. The highest BCUT2D eigenvalue weighted by Gasteiger charge is 2.15. The summed E-state index contributed by atoms with van der Waals surface area (Å²) in [5.41, 5.74) is 1.79.